The highest BCUT2D eigenvalue weighted by Gasteiger charge is 2.11. The molecule has 2 atom stereocenters. The molecule has 10 N–H and O–H groups in total. The third kappa shape index (κ3) is 28.8. The Bertz CT molecular complexity index is 1960. The number of benzene rings is 6. The molecular formula is C56H89N7O5. The second-order valence-electron chi connectivity index (χ2n) is 15.1. The first-order valence-corrected chi connectivity index (χ1v) is 23.0. The molecule has 68 heavy (non-hydrogen) atoms. The first kappa shape index (κ1) is 64.9. The van der Waals surface area contributed by atoms with Crippen LogP contribution in [0.4, 0.5) is 0 Å². The first-order valence-electron chi connectivity index (χ1n) is 23.0. The van der Waals surface area contributed by atoms with Crippen molar-refractivity contribution >= 4 is 10.8 Å². The van der Waals surface area contributed by atoms with E-state index in [2.05, 4.69) is 156 Å². The van der Waals surface area contributed by atoms with Gasteiger partial charge in [0.25, 0.3) is 0 Å². The molecule has 0 amide bonds. The minimum absolute atomic E-state index is 0. The third-order valence-corrected chi connectivity index (χ3v) is 9.72. The van der Waals surface area contributed by atoms with Gasteiger partial charge in [-0.3, -0.25) is 0 Å². The maximum Gasteiger partial charge on any atom is 0.160 e. The molecule has 0 fully saturated rings. The van der Waals surface area contributed by atoms with Gasteiger partial charge in [-0.1, -0.05) is 161 Å². The summed E-state index contributed by atoms with van der Waals surface area (Å²) in [6.45, 7) is 9.33. The predicted octanol–water partition coefficient (Wildman–Crippen LogP) is 7.78. The maximum absolute atomic E-state index is 9.63. The molecule has 0 radical (unpaired) electrons. The van der Waals surface area contributed by atoms with Crippen LogP contribution in [0.3, 0.4) is 0 Å². The van der Waals surface area contributed by atoms with Gasteiger partial charge in [0.05, 0.1) is 32.0 Å². The number of fused-ring (bicyclic) bond motifs is 1. The van der Waals surface area contributed by atoms with E-state index in [-0.39, 0.29) is 31.9 Å². The van der Waals surface area contributed by atoms with Gasteiger partial charge in [0, 0.05) is 26.2 Å². The van der Waals surface area contributed by atoms with Crippen molar-refractivity contribution in [2.75, 3.05) is 103 Å². The van der Waals surface area contributed by atoms with Gasteiger partial charge in [0.15, 0.2) is 11.5 Å². The van der Waals surface area contributed by atoms with Gasteiger partial charge in [0.2, 0.25) is 0 Å². The predicted molar refractivity (Wildman–Crippen MR) is 291 cm³/mol. The number of hydrogen-bond donors (Lipinski definition) is 10. The molecule has 0 saturated heterocycles. The molecule has 0 aromatic heterocycles. The summed E-state index contributed by atoms with van der Waals surface area (Å²) in [5.41, 5.74) is 5.63. The van der Waals surface area contributed by atoms with Gasteiger partial charge < -0.3 is 62.0 Å². The number of methoxy groups -OCH3 is 1. The number of ether oxygens (including phenoxy) is 1. The second-order valence-corrected chi connectivity index (χ2v) is 15.1. The third-order valence-electron chi connectivity index (χ3n) is 9.72. The van der Waals surface area contributed by atoms with Crippen LogP contribution in [-0.4, -0.2) is 128 Å². The number of aliphatic hydroxyl groups is 3. The summed E-state index contributed by atoms with van der Waals surface area (Å²) in [6.07, 6.45) is -0.976. The summed E-state index contributed by atoms with van der Waals surface area (Å²) < 4.78 is 4.93. The lowest BCUT2D eigenvalue weighted by molar-refractivity contribution is 0.177. The van der Waals surface area contributed by atoms with Gasteiger partial charge in [-0.2, -0.15) is 0 Å². The van der Waals surface area contributed by atoms with Crippen molar-refractivity contribution in [2.45, 2.75) is 46.1 Å². The molecule has 12 heteroatoms. The van der Waals surface area contributed by atoms with Gasteiger partial charge in [-0.15, -0.1) is 0 Å². The minimum atomic E-state index is -0.588. The largest absolute Gasteiger partial charge is 0.504 e. The average Bonchev–Trinajstić information content (AvgIpc) is 3.37. The molecule has 12 nitrogen and oxygen atoms in total. The lowest BCUT2D eigenvalue weighted by Gasteiger charge is -2.16. The Morgan fingerprint density at radius 3 is 1.41 bits per heavy atom. The van der Waals surface area contributed by atoms with Crippen LogP contribution >= 0.6 is 0 Å². The van der Waals surface area contributed by atoms with Crippen molar-refractivity contribution in [1.29, 1.82) is 0 Å². The molecule has 378 valence electrons. The monoisotopic (exact) mass is 940 g/mol. The summed E-state index contributed by atoms with van der Waals surface area (Å²) in [5.74, 6) is 0.450. The Hall–Kier alpha value is -5.22. The number of aromatic hydroxyl groups is 1. The second kappa shape index (κ2) is 43.1. The molecule has 6 aromatic carbocycles. The molecular weight excluding hydrogens is 851 g/mol. The SMILES string of the molecule is C.CCN(C)C.CCNC.CNC(c1ccccc1)c1ccccc1.CNCC(O)c1ccc(O)c(OC)c1.CNCC(O)c1ccccc1.CNCCO.CNCc1cccc2ccccc12. The van der Waals surface area contributed by atoms with Crippen LogP contribution in [0.15, 0.2) is 152 Å². The molecule has 6 aromatic rings. The molecule has 0 spiro atoms. The molecule has 0 heterocycles. The van der Waals surface area contributed by atoms with E-state index in [1.165, 1.54) is 40.6 Å². The van der Waals surface area contributed by atoms with Crippen LogP contribution < -0.4 is 36.6 Å². The van der Waals surface area contributed by atoms with Crippen LogP contribution in [0.2, 0.25) is 0 Å². The zero-order chi connectivity index (χ0) is 50.1. The van der Waals surface area contributed by atoms with Crippen molar-refractivity contribution < 1.29 is 25.2 Å². The highest BCUT2D eigenvalue weighted by molar-refractivity contribution is 5.85. The number of hydrogen-bond acceptors (Lipinski definition) is 12. The fourth-order valence-electron chi connectivity index (χ4n) is 5.76. The average molecular weight is 940 g/mol. The summed E-state index contributed by atoms with van der Waals surface area (Å²) in [6, 6.07) is 50.6. The van der Waals surface area contributed by atoms with Crippen molar-refractivity contribution in [3.05, 3.63) is 179 Å². The fourth-order valence-corrected chi connectivity index (χ4v) is 5.76. The van der Waals surface area contributed by atoms with E-state index in [1.54, 1.807) is 26.2 Å². The van der Waals surface area contributed by atoms with Crippen molar-refractivity contribution in [1.82, 2.24) is 36.8 Å². The summed E-state index contributed by atoms with van der Waals surface area (Å²) in [4.78, 5) is 2.12. The Morgan fingerprint density at radius 1 is 0.559 bits per heavy atom. The molecule has 0 aliphatic rings. The van der Waals surface area contributed by atoms with Crippen molar-refractivity contribution in [2.24, 2.45) is 0 Å². The lowest BCUT2D eigenvalue weighted by atomic mass is 9.99. The van der Waals surface area contributed by atoms with E-state index in [0.717, 1.165) is 25.2 Å². The van der Waals surface area contributed by atoms with Crippen molar-refractivity contribution in [3.63, 3.8) is 0 Å². The molecule has 0 bridgehead atoms. The minimum Gasteiger partial charge on any atom is -0.504 e. The molecule has 0 aliphatic heterocycles. The number of rotatable bonds is 16. The van der Waals surface area contributed by atoms with E-state index in [1.807, 2.05) is 70.7 Å². The fraction of sp³-hybridized carbons (Fsp3) is 0.393. The molecule has 6 rings (SSSR count). The van der Waals surface area contributed by atoms with Gasteiger partial charge in [0.1, 0.15) is 0 Å². The van der Waals surface area contributed by atoms with E-state index in [9.17, 15) is 15.3 Å². The summed E-state index contributed by atoms with van der Waals surface area (Å²) in [7, 11) is 16.9. The van der Waals surface area contributed by atoms with Gasteiger partial charge >= 0.3 is 0 Å². The van der Waals surface area contributed by atoms with Crippen LogP contribution in [0, 0.1) is 0 Å². The zero-order valence-corrected chi connectivity index (χ0v) is 42.3. The van der Waals surface area contributed by atoms with Crippen molar-refractivity contribution in [3.8, 4) is 11.5 Å². The molecule has 2 unspecified atom stereocenters. The van der Waals surface area contributed by atoms with E-state index in [4.69, 9.17) is 9.84 Å². The maximum atomic E-state index is 9.63. The lowest BCUT2D eigenvalue weighted by Crippen LogP contribution is -2.17. The number of likely N-dealkylation sites (N-methyl/N-ethyl adjacent to an activating group) is 3. The van der Waals surface area contributed by atoms with Crippen LogP contribution in [0.1, 0.15) is 67.3 Å². The van der Waals surface area contributed by atoms with E-state index >= 15 is 0 Å². The van der Waals surface area contributed by atoms with Crippen LogP contribution in [0.25, 0.3) is 10.8 Å². The number of phenols is 1. The molecule has 0 aliphatic carbocycles. The highest BCUT2D eigenvalue weighted by atomic mass is 16.5. The topological polar surface area (TPSA) is 166 Å². The Morgan fingerprint density at radius 2 is 1.01 bits per heavy atom. The summed E-state index contributed by atoms with van der Waals surface area (Å²) >= 11 is 0. The number of nitrogens with one attached hydrogen (secondary N) is 6. The van der Waals surface area contributed by atoms with Gasteiger partial charge in [-0.05, 0) is 120 Å². The zero-order valence-electron chi connectivity index (χ0n) is 42.3. The number of aliphatic hydroxyl groups excluding tert-OH is 3. The van der Waals surface area contributed by atoms with Crippen LogP contribution in [-0.2, 0) is 6.54 Å². The standard InChI is InChI=1S/C14H15N.C12H13N.C10H15NO3.C9H13NO.C4H11N.C3H9NO.C3H9N.CH4/c1-15-14(12-8-4-2-5-9-12)13-10-6-3-7-11-13;1-13-9-11-7-4-6-10-5-2-3-8-12(10)11;1-11-6-9(13)7-3-4-8(12)10(5-7)14-2;1-10-7-9(11)8-5-3-2-4-6-8;1-4-5(2)3;1-4-2-3-5;1-3-4-2;/h2-11,14-15H,1H3;2-8,13H,9H2,1H3;3-5,9,11-13H,6H2,1-2H3;2-6,9-11H,7H2,1H3;4H2,1-3H3;4-5H,2-3H2,1H3;4H,3H2,1-2H3;1H4. The Balaban J connectivity index is 0. The van der Waals surface area contributed by atoms with Crippen LogP contribution in [0.5, 0.6) is 11.5 Å². The number of phenolic OH excluding ortho intramolecular Hbond substituents is 1. The highest BCUT2D eigenvalue weighted by Crippen LogP contribution is 2.28. The smallest absolute Gasteiger partial charge is 0.160 e. The normalized spacial score (nSPS) is 10.8. The van der Waals surface area contributed by atoms with E-state index in [0.29, 0.717) is 30.9 Å². The van der Waals surface area contributed by atoms with E-state index < -0.39 is 6.10 Å². The first-order chi connectivity index (χ1) is 32.5. The quantitative estimate of drug-likeness (QED) is 0.0459. The molecule has 0 saturated carbocycles. The Kier molecular flexibility index (Phi) is 41.1. The van der Waals surface area contributed by atoms with Gasteiger partial charge in [-0.25, -0.2) is 0 Å². The Labute approximate surface area is 411 Å². The summed E-state index contributed by atoms with van der Waals surface area (Å²) in [5, 5.41) is 57.1. The number of nitrogens with zero attached hydrogens (tertiary/aromatic N) is 1.